The number of alkyl halides is 3. The minimum absolute atomic E-state index is 0.283. The molecule has 0 aromatic carbocycles. The largest absolute Gasteiger partial charge is 0.435 e. The Morgan fingerprint density at radius 2 is 2.22 bits per heavy atom. The molecule has 2 aromatic rings. The number of aromatic nitrogens is 3. The van der Waals surface area contributed by atoms with Gasteiger partial charge in [0.05, 0.1) is 0 Å². The van der Waals surface area contributed by atoms with E-state index in [1.807, 2.05) is 6.92 Å². The normalized spacial score (nSPS) is 11.8. The van der Waals surface area contributed by atoms with Gasteiger partial charge in [-0.05, 0) is 6.92 Å². The Morgan fingerprint density at radius 1 is 1.50 bits per heavy atom. The zero-order valence-electron chi connectivity index (χ0n) is 9.62. The average Bonchev–Trinajstić information content (AvgIpc) is 2.69. The van der Waals surface area contributed by atoms with Crippen LogP contribution in [0.3, 0.4) is 0 Å². The van der Waals surface area contributed by atoms with Crippen LogP contribution < -0.4 is 5.32 Å². The molecule has 0 saturated heterocycles. The van der Waals surface area contributed by atoms with Crippen molar-refractivity contribution in [3.8, 4) is 0 Å². The van der Waals surface area contributed by atoms with Gasteiger partial charge in [-0.2, -0.15) is 18.3 Å². The lowest BCUT2D eigenvalue weighted by Crippen LogP contribution is -2.06. The van der Waals surface area contributed by atoms with Crippen molar-refractivity contribution in [2.45, 2.75) is 13.1 Å². The number of halogens is 3. The smallest absolute Gasteiger partial charge is 0.365 e. The highest BCUT2D eigenvalue weighted by Gasteiger charge is 2.34. The molecule has 0 bridgehead atoms. The first-order valence-electron chi connectivity index (χ1n) is 5.18. The number of rotatable bonds is 3. The molecule has 0 atom stereocenters. The molecule has 0 amide bonds. The second-order valence-corrected chi connectivity index (χ2v) is 3.94. The van der Waals surface area contributed by atoms with Gasteiger partial charge in [-0.25, -0.2) is 9.50 Å². The first-order valence-corrected chi connectivity index (χ1v) is 5.18. The second kappa shape index (κ2) is 4.32. The molecule has 0 fully saturated rings. The summed E-state index contributed by atoms with van der Waals surface area (Å²) in [7, 11) is 0. The summed E-state index contributed by atoms with van der Waals surface area (Å²) in [6.07, 6.45) is -1.70. The lowest BCUT2D eigenvalue weighted by molar-refractivity contribution is -0.141. The molecule has 4 nitrogen and oxygen atoms in total. The number of nitrogens with zero attached hydrogens (tertiary/aromatic N) is 3. The number of hydrogen-bond acceptors (Lipinski definition) is 3. The van der Waals surface area contributed by atoms with Gasteiger partial charge in [-0.15, -0.1) is 0 Å². The number of hydrogen-bond donors (Lipinski definition) is 1. The lowest BCUT2D eigenvalue weighted by Gasteiger charge is -2.05. The third kappa shape index (κ3) is 2.44. The van der Waals surface area contributed by atoms with Crippen molar-refractivity contribution < 1.29 is 13.2 Å². The fourth-order valence-corrected chi connectivity index (χ4v) is 1.43. The van der Waals surface area contributed by atoms with Crippen LogP contribution in [0.4, 0.5) is 19.0 Å². The standard InChI is InChI=1S/C11H11F3N4/c1-7(2)6-16-10-8-5-9(11(12,13)14)17-18(8)4-3-15-10/h3-5H,1,6H2,2H3,(H,15,16). The van der Waals surface area contributed by atoms with E-state index in [1.165, 1.54) is 12.4 Å². The van der Waals surface area contributed by atoms with Gasteiger partial charge < -0.3 is 5.32 Å². The van der Waals surface area contributed by atoms with E-state index in [0.29, 0.717) is 12.4 Å². The second-order valence-electron chi connectivity index (χ2n) is 3.94. The summed E-state index contributed by atoms with van der Waals surface area (Å²) in [6, 6.07) is 0.966. The minimum Gasteiger partial charge on any atom is -0.365 e. The minimum atomic E-state index is -4.46. The maximum atomic E-state index is 12.5. The summed E-state index contributed by atoms with van der Waals surface area (Å²) in [5, 5.41) is 6.37. The summed E-state index contributed by atoms with van der Waals surface area (Å²) < 4.78 is 38.8. The Kier molecular flexibility index (Phi) is 2.98. The third-order valence-corrected chi connectivity index (χ3v) is 2.24. The van der Waals surface area contributed by atoms with Gasteiger partial charge in [-0.1, -0.05) is 12.2 Å². The van der Waals surface area contributed by atoms with Gasteiger partial charge in [0.2, 0.25) is 0 Å². The molecule has 0 aliphatic carbocycles. The van der Waals surface area contributed by atoms with Gasteiger partial charge in [0.1, 0.15) is 5.52 Å². The van der Waals surface area contributed by atoms with Crippen molar-refractivity contribution in [3.63, 3.8) is 0 Å². The first-order chi connectivity index (χ1) is 8.38. The van der Waals surface area contributed by atoms with Crippen LogP contribution >= 0.6 is 0 Å². The Bertz CT molecular complexity index is 585. The van der Waals surface area contributed by atoms with Crippen molar-refractivity contribution >= 4 is 11.3 Å². The van der Waals surface area contributed by atoms with Crippen LogP contribution in [0.1, 0.15) is 12.6 Å². The maximum absolute atomic E-state index is 12.5. The predicted octanol–water partition coefficient (Wildman–Crippen LogP) is 2.74. The van der Waals surface area contributed by atoms with Gasteiger partial charge in [0.15, 0.2) is 11.5 Å². The van der Waals surface area contributed by atoms with E-state index < -0.39 is 11.9 Å². The molecule has 2 aromatic heterocycles. The fraction of sp³-hybridized carbons (Fsp3) is 0.273. The molecule has 2 rings (SSSR count). The van der Waals surface area contributed by atoms with Crippen LogP contribution in [0.2, 0.25) is 0 Å². The molecular formula is C11H11F3N4. The Morgan fingerprint density at radius 3 is 2.83 bits per heavy atom. The molecule has 2 heterocycles. The zero-order chi connectivity index (χ0) is 13.3. The Labute approximate surface area is 101 Å². The van der Waals surface area contributed by atoms with Crippen molar-refractivity contribution in [2.24, 2.45) is 0 Å². The van der Waals surface area contributed by atoms with Crippen LogP contribution in [-0.2, 0) is 6.18 Å². The van der Waals surface area contributed by atoms with Crippen LogP contribution in [0.25, 0.3) is 5.52 Å². The number of nitrogens with one attached hydrogen (secondary N) is 1. The molecular weight excluding hydrogens is 245 g/mol. The molecule has 0 radical (unpaired) electrons. The summed E-state index contributed by atoms with van der Waals surface area (Å²) in [4.78, 5) is 3.99. The Balaban J connectivity index is 2.42. The molecule has 96 valence electrons. The highest BCUT2D eigenvalue weighted by molar-refractivity contribution is 5.68. The fourth-order valence-electron chi connectivity index (χ4n) is 1.43. The third-order valence-electron chi connectivity index (χ3n) is 2.24. The summed E-state index contributed by atoms with van der Waals surface area (Å²) in [5.41, 5.74) is 0.203. The van der Waals surface area contributed by atoms with Crippen molar-refractivity contribution in [2.75, 3.05) is 11.9 Å². The van der Waals surface area contributed by atoms with Crippen molar-refractivity contribution in [3.05, 3.63) is 36.3 Å². The predicted molar refractivity (Wildman–Crippen MR) is 61.3 cm³/mol. The molecule has 0 saturated carbocycles. The topological polar surface area (TPSA) is 42.2 Å². The van der Waals surface area contributed by atoms with E-state index in [9.17, 15) is 13.2 Å². The molecule has 1 N–H and O–H groups in total. The van der Waals surface area contributed by atoms with Gasteiger partial charge in [0, 0.05) is 25.0 Å². The van der Waals surface area contributed by atoms with Crippen molar-refractivity contribution in [1.82, 2.24) is 14.6 Å². The van der Waals surface area contributed by atoms with E-state index in [4.69, 9.17) is 0 Å². The van der Waals surface area contributed by atoms with E-state index >= 15 is 0 Å². The monoisotopic (exact) mass is 256 g/mol. The van der Waals surface area contributed by atoms with Crippen LogP contribution in [0.15, 0.2) is 30.6 Å². The van der Waals surface area contributed by atoms with Crippen LogP contribution in [0, 0.1) is 0 Å². The maximum Gasteiger partial charge on any atom is 0.435 e. The van der Waals surface area contributed by atoms with E-state index in [2.05, 4.69) is 22.0 Å². The van der Waals surface area contributed by atoms with Crippen molar-refractivity contribution in [1.29, 1.82) is 0 Å². The summed E-state index contributed by atoms with van der Waals surface area (Å²) >= 11 is 0. The quantitative estimate of drug-likeness (QED) is 0.858. The highest BCUT2D eigenvalue weighted by atomic mass is 19.4. The molecule has 0 aliphatic heterocycles. The zero-order valence-corrected chi connectivity index (χ0v) is 9.62. The average molecular weight is 256 g/mol. The lowest BCUT2D eigenvalue weighted by atomic mass is 10.3. The summed E-state index contributed by atoms with van der Waals surface area (Å²) in [6.45, 7) is 5.96. The summed E-state index contributed by atoms with van der Waals surface area (Å²) in [5.74, 6) is 0.350. The van der Waals surface area contributed by atoms with Gasteiger partial charge in [-0.3, -0.25) is 0 Å². The van der Waals surface area contributed by atoms with Gasteiger partial charge >= 0.3 is 6.18 Å². The molecule has 0 unspecified atom stereocenters. The first kappa shape index (κ1) is 12.4. The highest BCUT2D eigenvalue weighted by Crippen LogP contribution is 2.29. The number of anilines is 1. The van der Waals surface area contributed by atoms with E-state index in [1.54, 1.807) is 0 Å². The molecule has 18 heavy (non-hydrogen) atoms. The molecule has 7 heteroatoms. The SMILES string of the molecule is C=C(C)CNc1nccn2nc(C(F)(F)F)cc12. The number of fused-ring (bicyclic) bond motifs is 1. The molecule has 0 aliphatic rings. The van der Waals surface area contributed by atoms with E-state index in [-0.39, 0.29) is 5.52 Å². The van der Waals surface area contributed by atoms with E-state index in [0.717, 1.165) is 16.2 Å². The molecule has 0 spiro atoms. The van der Waals surface area contributed by atoms with Crippen LogP contribution in [0.5, 0.6) is 0 Å². The van der Waals surface area contributed by atoms with Gasteiger partial charge in [0.25, 0.3) is 0 Å². The van der Waals surface area contributed by atoms with Crippen LogP contribution in [-0.4, -0.2) is 21.1 Å². The Hall–Kier alpha value is -2.05.